The number of anilines is 2. The second-order valence-electron chi connectivity index (χ2n) is 8.73. The number of fused-ring (bicyclic) bond motifs is 2. The molecule has 8 heteroatoms. The number of nitrogens with one attached hydrogen (secondary N) is 2. The van der Waals surface area contributed by atoms with Gasteiger partial charge in [0.25, 0.3) is 0 Å². The van der Waals surface area contributed by atoms with Crippen LogP contribution in [0.4, 0.5) is 11.6 Å². The van der Waals surface area contributed by atoms with Gasteiger partial charge in [0.2, 0.25) is 0 Å². The van der Waals surface area contributed by atoms with Crippen molar-refractivity contribution in [1.82, 2.24) is 25.1 Å². The zero-order valence-corrected chi connectivity index (χ0v) is 19.0. The third kappa shape index (κ3) is 4.20. The van der Waals surface area contributed by atoms with Crippen molar-refractivity contribution in [3.8, 4) is 11.5 Å². The fourth-order valence-electron chi connectivity index (χ4n) is 4.46. The molecule has 1 unspecified atom stereocenters. The van der Waals surface area contributed by atoms with Gasteiger partial charge in [-0.15, -0.1) is 0 Å². The molecule has 0 saturated heterocycles. The van der Waals surface area contributed by atoms with Crippen LogP contribution in [0.25, 0.3) is 0 Å². The summed E-state index contributed by atoms with van der Waals surface area (Å²) >= 11 is 0. The van der Waals surface area contributed by atoms with Crippen molar-refractivity contribution in [3.63, 3.8) is 0 Å². The Morgan fingerprint density at radius 2 is 1.88 bits per heavy atom. The van der Waals surface area contributed by atoms with E-state index in [9.17, 15) is 0 Å². The molecule has 8 nitrogen and oxygen atoms in total. The van der Waals surface area contributed by atoms with E-state index < -0.39 is 0 Å². The molecule has 172 valence electrons. The molecule has 34 heavy (non-hydrogen) atoms. The van der Waals surface area contributed by atoms with E-state index in [4.69, 9.17) is 19.4 Å². The van der Waals surface area contributed by atoms with Gasteiger partial charge in [-0.3, -0.25) is 10.00 Å². The number of hydrogen-bond donors (Lipinski definition) is 2. The van der Waals surface area contributed by atoms with Crippen LogP contribution in [-0.2, 0) is 19.5 Å². The number of benzene rings is 2. The van der Waals surface area contributed by atoms with Gasteiger partial charge in [0.05, 0.1) is 5.69 Å². The minimum atomic E-state index is -0.371. The second kappa shape index (κ2) is 8.79. The van der Waals surface area contributed by atoms with Crippen LogP contribution in [0.1, 0.15) is 34.4 Å². The van der Waals surface area contributed by atoms with Gasteiger partial charge in [0.15, 0.2) is 29.2 Å². The van der Waals surface area contributed by atoms with Crippen LogP contribution in [0.15, 0.2) is 60.7 Å². The van der Waals surface area contributed by atoms with Crippen molar-refractivity contribution in [1.29, 1.82) is 0 Å². The molecule has 2 aliphatic heterocycles. The van der Waals surface area contributed by atoms with E-state index in [0.717, 1.165) is 60.4 Å². The van der Waals surface area contributed by atoms with Gasteiger partial charge in [0, 0.05) is 43.4 Å². The quantitative estimate of drug-likeness (QED) is 0.464. The van der Waals surface area contributed by atoms with E-state index in [0.29, 0.717) is 18.2 Å². The predicted octanol–water partition coefficient (Wildman–Crippen LogP) is 4.32. The summed E-state index contributed by atoms with van der Waals surface area (Å²) in [6.45, 7) is 4.94. The van der Waals surface area contributed by atoms with Gasteiger partial charge in [-0.05, 0) is 24.6 Å². The van der Waals surface area contributed by atoms with Crippen molar-refractivity contribution in [2.24, 2.45) is 0 Å². The third-order valence-electron chi connectivity index (χ3n) is 6.15. The van der Waals surface area contributed by atoms with Crippen LogP contribution in [0.2, 0.25) is 0 Å². The van der Waals surface area contributed by atoms with Crippen molar-refractivity contribution in [2.75, 3.05) is 18.5 Å². The number of para-hydroxylation sites is 2. The Morgan fingerprint density at radius 3 is 2.71 bits per heavy atom. The van der Waals surface area contributed by atoms with Gasteiger partial charge in [0.1, 0.15) is 12.4 Å². The molecule has 4 heterocycles. The smallest absolute Gasteiger partial charge is 0.192 e. The lowest BCUT2D eigenvalue weighted by molar-refractivity contribution is 0.0847. The summed E-state index contributed by atoms with van der Waals surface area (Å²) in [7, 11) is 0. The average Bonchev–Trinajstić information content (AvgIpc) is 3.29. The summed E-state index contributed by atoms with van der Waals surface area (Å²) in [5.74, 6) is 3.59. The Bertz CT molecular complexity index is 1310. The van der Waals surface area contributed by atoms with Gasteiger partial charge in [-0.1, -0.05) is 42.5 Å². The summed E-state index contributed by atoms with van der Waals surface area (Å²) in [4.78, 5) is 12.3. The maximum Gasteiger partial charge on any atom is 0.192 e. The SMILES string of the molecule is Cc1cc(Nc2nc(C3COc4ccccc4O3)nc3c2CN(Cc2ccccc2)CC3)n[nH]1. The highest BCUT2D eigenvalue weighted by Crippen LogP contribution is 2.36. The Kier molecular flexibility index (Phi) is 5.35. The molecule has 2 aliphatic rings. The highest BCUT2D eigenvalue weighted by atomic mass is 16.6. The standard InChI is InChI=1S/C26H26N6O2/c1-17-13-24(31-30-17)28-25-19-15-32(14-18-7-3-2-4-8-18)12-11-20(19)27-26(29-25)23-16-33-21-9-5-6-10-22(21)34-23/h2-10,13,23H,11-12,14-16H2,1H3,(H2,27,28,29,30,31). The lowest BCUT2D eigenvalue weighted by atomic mass is 10.0. The Morgan fingerprint density at radius 1 is 1.06 bits per heavy atom. The second-order valence-corrected chi connectivity index (χ2v) is 8.73. The van der Waals surface area contributed by atoms with Gasteiger partial charge < -0.3 is 14.8 Å². The number of aromatic nitrogens is 4. The fourth-order valence-corrected chi connectivity index (χ4v) is 4.46. The zero-order valence-electron chi connectivity index (χ0n) is 19.0. The molecule has 0 bridgehead atoms. The Labute approximate surface area is 198 Å². The first kappa shape index (κ1) is 20.7. The minimum absolute atomic E-state index is 0.371. The molecule has 1 atom stereocenters. The molecular formula is C26H26N6O2. The lowest BCUT2D eigenvalue weighted by Gasteiger charge is -2.31. The normalized spacial score (nSPS) is 17.3. The van der Waals surface area contributed by atoms with Gasteiger partial charge in [-0.2, -0.15) is 5.10 Å². The van der Waals surface area contributed by atoms with Crippen LogP contribution in [0, 0.1) is 6.92 Å². The van der Waals surface area contributed by atoms with Gasteiger partial charge >= 0.3 is 0 Å². The summed E-state index contributed by atoms with van der Waals surface area (Å²) in [5.41, 5.74) is 4.43. The van der Waals surface area contributed by atoms with Gasteiger partial charge in [-0.25, -0.2) is 9.97 Å². The number of H-pyrrole nitrogens is 1. The lowest BCUT2D eigenvalue weighted by Crippen LogP contribution is -2.33. The van der Waals surface area contributed by atoms with Crippen molar-refractivity contribution >= 4 is 11.6 Å². The summed E-state index contributed by atoms with van der Waals surface area (Å²) in [6.07, 6.45) is 0.472. The Hall–Kier alpha value is -3.91. The first-order chi connectivity index (χ1) is 16.7. The predicted molar refractivity (Wildman–Crippen MR) is 128 cm³/mol. The molecular weight excluding hydrogens is 428 g/mol. The first-order valence-electron chi connectivity index (χ1n) is 11.5. The molecule has 4 aromatic rings. The summed E-state index contributed by atoms with van der Waals surface area (Å²) in [6, 6.07) is 20.2. The average molecular weight is 455 g/mol. The third-order valence-corrected chi connectivity index (χ3v) is 6.15. The maximum absolute atomic E-state index is 6.21. The molecule has 0 amide bonds. The zero-order chi connectivity index (χ0) is 22.9. The van der Waals surface area contributed by atoms with Crippen LogP contribution in [0.5, 0.6) is 11.5 Å². The first-order valence-corrected chi connectivity index (χ1v) is 11.5. The number of rotatable bonds is 5. The van der Waals surface area contributed by atoms with Crippen molar-refractivity contribution < 1.29 is 9.47 Å². The maximum atomic E-state index is 6.21. The van der Waals surface area contributed by atoms with Crippen molar-refractivity contribution in [2.45, 2.75) is 32.5 Å². The highest BCUT2D eigenvalue weighted by Gasteiger charge is 2.29. The van der Waals surface area contributed by atoms with E-state index in [1.165, 1.54) is 5.56 Å². The van der Waals surface area contributed by atoms with Crippen LogP contribution in [0.3, 0.4) is 0 Å². The largest absolute Gasteiger partial charge is 0.485 e. The van der Waals surface area contributed by atoms with Crippen LogP contribution < -0.4 is 14.8 Å². The molecule has 0 saturated carbocycles. The van der Waals surface area contributed by atoms with E-state index in [2.05, 4.69) is 44.7 Å². The molecule has 0 radical (unpaired) electrons. The van der Waals surface area contributed by atoms with E-state index in [1.807, 2.05) is 43.3 Å². The summed E-state index contributed by atoms with van der Waals surface area (Å²) in [5, 5.41) is 10.8. The molecule has 2 N–H and O–H groups in total. The highest BCUT2D eigenvalue weighted by molar-refractivity contribution is 5.58. The molecule has 0 aliphatic carbocycles. The number of hydrogen-bond acceptors (Lipinski definition) is 7. The summed E-state index contributed by atoms with van der Waals surface area (Å²) < 4.78 is 12.1. The number of aryl methyl sites for hydroxylation is 1. The molecule has 2 aromatic carbocycles. The number of aromatic amines is 1. The molecule has 2 aromatic heterocycles. The fraction of sp³-hybridized carbons (Fsp3) is 0.269. The topological polar surface area (TPSA) is 88.2 Å². The Balaban J connectivity index is 1.32. The van der Waals surface area contributed by atoms with Crippen LogP contribution >= 0.6 is 0 Å². The molecule has 0 fully saturated rings. The van der Waals surface area contributed by atoms with E-state index in [-0.39, 0.29) is 6.10 Å². The number of nitrogens with zero attached hydrogens (tertiary/aromatic N) is 4. The van der Waals surface area contributed by atoms with Crippen molar-refractivity contribution in [3.05, 3.63) is 89.0 Å². The number of ether oxygens (including phenoxy) is 2. The van der Waals surface area contributed by atoms with E-state index in [1.54, 1.807) is 0 Å². The minimum Gasteiger partial charge on any atom is -0.485 e. The molecule has 6 rings (SSSR count). The van der Waals surface area contributed by atoms with Crippen LogP contribution in [-0.4, -0.2) is 38.2 Å². The molecule has 0 spiro atoms. The van der Waals surface area contributed by atoms with E-state index >= 15 is 0 Å². The monoisotopic (exact) mass is 454 g/mol.